The molecule has 2 N–H and O–H groups in total. The number of carbonyl (C=O) groups is 1. The zero-order valence-corrected chi connectivity index (χ0v) is 15.0. The van der Waals surface area contributed by atoms with Crippen LogP contribution < -0.4 is 15.4 Å². The number of ether oxygens (including phenoxy) is 1. The van der Waals surface area contributed by atoms with E-state index in [9.17, 15) is 4.79 Å². The van der Waals surface area contributed by atoms with Gasteiger partial charge in [0.1, 0.15) is 5.75 Å². The van der Waals surface area contributed by atoms with Crippen molar-refractivity contribution in [2.75, 3.05) is 19.7 Å². The first kappa shape index (κ1) is 19.8. The maximum atomic E-state index is 12.2. The average Bonchev–Trinajstić information content (AvgIpc) is 2.54. The molecular weight excluding hydrogens is 312 g/mol. The van der Waals surface area contributed by atoms with Gasteiger partial charge in [0.15, 0.2) is 0 Å². The van der Waals surface area contributed by atoms with E-state index in [4.69, 9.17) is 4.74 Å². The highest BCUT2D eigenvalue weighted by Crippen LogP contribution is 2.19. The highest BCUT2D eigenvalue weighted by atomic mass is 35.5. The average molecular weight is 341 g/mol. The first-order valence-corrected chi connectivity index (χ1v) is 8.36. The number of hydrogen-bond acceptors (Lipinski definition) is 3. The van der Waals surface area contributed by atoms with Gasteiger partial charge in [-0.3, -0.25) is 4.79 Å². The third kappa shape index (κ3) is 6.80. The normalized spacial score (nSPS) is 17.4. The lowest BCUT2D eigenvalue weighted by molar-refractivity contribution is -0.125. The van der Waals surface area contributed by atoms with Gasteiger partial charge in [-0.1, -0.05) is 32.0 Å². The molecule has 0 aliphatic carbocycles. The number of nitrogens with one attached hydrogen (secondary N) is 2. The number of para-hydroxylation sites is 1. The molecule has 1 aromatic carbocycles. The van der Waals surface area contributed by atoms with Crippen LogP contribution in [-0.2, 0) is 11.3 Å². The van der Waals surface area contributed by atoms with Crippen LogP contribution in [0, 0.1) is 11.8 Å². The monoisotopic (exact) mass is 340 g/mol. The molecule has 0 aromatic heterocycles. The maximum absolute atomic E-state index is 12.2. The predicted molar refractivity (Wildman–Crippen MR) is 96.1 cm³/mol. The van der Waals surface area contributed by atoms with Crippen molar-refractivity contribution in [2.24, 2.45) is 11.8 Å². The molecule has 1 amide bonds. The van der Waals surface area contributed by atoms with Crippen molar-refractivity contribution in [3.63, 3.8) is 0 Å². The quantitative estimate of drug-likeness (QED) is 0.801. The number of piperidine rings is 1. The molecule has 130 valence electrons. The molecule has 1 unspecified atom stereocenters. The van der Waals surface area contributed by atoms with Crippen LogP contribution in [0.5, 0.6) is 5.75 Å². The van der Waals surface area contributed by atoms with Crippen molar-refractivity contribution >= 4 is 18.3 Å². The topological polar surface area (TPSA) is 50.4 Å². The molecule has 0 radical (unpaired) electrons. The molecule has 2 rings (SSSR count). The van der Waals surface area contributed by atoms with E-state index >= 15 is 0 Å². The van der Waals surface area contributed by atoms with E-state index in [1.54, 1.807) is 0 Å². The summed E-state index contributed by atoms with van der Waals surface area (Å²) in [6.07, 6.45) is 3.09. The van der Waals surface area contributed by atoms with E-state index in [0.717, 1.165) is 50.3 Å². The van der Waals surface area contributed by atoms with E-state index in [0.29, 0.717) is 12.5 Å². The Hall–Kier alpha value is -1.26. The van der Waals surface area contributed by atoms with E-state index < -0.39 is 0 Å². The fourth-order valence-corrected chi connectivity index (χ4v) is 2.60. The molecule has 1 heterocycles. The first-order chi connectivity index (χ1) is 10.7. The summed E-state index contributed by atoms with van der Waals surface area (Å²) in [6, 6.07) is 7.95. The van der Waals surface area contributed by atoms with Crippen molar-refractivity contribution in [3.8, 4) is 5.75 Å². The van der Waals surface area contributed by atoms with Crippen LogP contribution in [0.4, 0.5) is 0 Å². The molecule has 1 aromatic rings. The minimum Gasteiger partial charge on any atom is -0.493 e. The molecule has 0 spiro atoms. The third-order valence-corrected chi connectivity index (χ3v) is 4.05. The molecule has 0 saturated carbocycles. The van der Waals surface area contributed by atoms with Gasteiger partial charge in [-0.25, -0.2) is 0 Å². The van der Waals surface area contributed by atoms with Gasteiger partial charge in [0.25, 0.3) is 0 Å². The molecule has 23 heavy (non-hydrogen) atoms. The lowest BCUT2D eigenvalue weighted by atomic mass is 9.99. The number of carbonyl (C=O) groups excluding carboxylic acids is 1. The lowest BCUT2D eigenvalue weighted by Gasteiger charge is -2.22. The second kappa shape index (κ2) is 10.5. The Morgan fingerprint density at radius 1 is 1.39 bits per heavy atom. The fraction of sp³-hybridized carbons (Fsp3) is 0.611. The van der Waals surface area contributed by atoms with Gasteiger partial charge in [0.05, 0.1) is 12.5 Å². The van der Waals surface area contributed by atoms with Gasteiger partial charge >= 0.3 is 0 Å². The summed E-state index contributed by atoms with van der Waals surface area (Å²) in [5.41, 5.74) is 1.04. The van der Waals surface area contributed by atoms with Crippen LogP contribution in [0.1, 0.15) is 38.7 Å². The molecular formula is C18H29ClN2O2. The summed E-state index contributed by atoms with van der Waals surface area (Å²) in [7, 11) is 0. The molecule has 5 heteroatoms. The van der Waals surface area contributed by atoms with Gasteiger partial charge in [0.2, 0.25) is 5.91 Å². The molecule has 1 atom stereocenters. The number of amides is 1. The largest absolute Gasteiger partial charge is 0.493 e. The highest BCUT2D eigenvalue weighted by Gasteiger charge is 2.20. The van der Waals surface area contributed by atoms with E-state index in [2.05, 4.69) is 24.5 Å². The third-order valence-electron chi connectivity index (χ3n) is 4.05. The number of rotatable bonds is 7. The van der Waals surface area contributed by atoms with Crippen molar-refractivity contribution in [1.29, 1.82) is 0 Å². The van der Waals surface area contributed by atoms with Gasteiger partial charge in [-0.2, -0.15) is 0 Å². The molecule has 1 saturated heterocycles. The Bertz CT molecular complexity index is 474. The molecule has 0 bridgehead atoms. The Morgan fingerprint density at radius 2 is 2.17 bits per heavy atom. The smallest absolute Gasteiger partial charge is 0.224 e. The van der Waals surface area contributed by atoms with Crippen LogP contribution in [-0.4, -0.2) is 25.6 Å². The van der Waals surface area contributed by atoms with Gasteiger partial charge in [0, 0.05) is 18.7 Å². The predicted octanol–water partition coefficient (Wildman–Crippen LogP) is 3.15. The van der Waals surface area contributed by atoms with E-state index in [1.807, 2.05) is 24.3 Å². The SMILES string of the molecule is CC(C)CCOc1ccccc1CNC(=O)C1CCCNC1.Cl. The zero-order valence-electron chi connectivity index (χ0n) is 14.1. The molecule has 4 nitrogen and oxygen atoms in total. The second-order valence-corrected chi connectivity index (χ2v) is 6.40. The number of halogens is 1. The second-order valence-electron chi connectivity index (χ2n) is 6.40. The molecule has 1 fully saturated rings. The maximum Gasteiger partial charge on any atom is 0.224 e. The summed E-state index contributed by atoms with van der Waals surface area (Å²) < 4.78 is 5.86. The van der Waals surface area contributed by atoms with Gasteiger partial charge < -0.3 is 15.4 Å². The summed E-state index contributed by atoms with van der Waals surface area (Å²) in [5.74, 6) is 1.75. The van der Waals surface area contributed by atoms with Crippen LogP contribution >= 0.6 is 12.4 Å². The van der Waals surface area contributed by atoms with Crippen molar-refractivity contribution in [1.82, 2.24) is 10.6 Å². The van der Waals surface area contributed by atoms with Crippen molar-refractivity contribution < 1.29 is 9.53 Å². The summed E-state index contributed by atoms with van der Waals surface area (Å²) in [4.78, 5) is 12.2. The van der Waals surface area contributed by atoms with Gasteiger partial charge in [-0.05, 0) is 37.8 Å². The van der Waals surface area contributed by atoms with Crippen molar-refractivity contribution in [3.05, 3.63) is 29.8 Å². The van der Waals surface area contributed by atoms with E-state index in [1.165, 1.54) is 0 Å². The van der Waals surface area contributed by atoms with E-state index in [-0.39, 0.29) is 24.2 Å². The zero-order chi connectivity index (χ0) is 15.8. The van der Waals surface area contributed by atoms with Crippen molar-refractivity contribution in [2.45, 2.75) is 39.7 Å². The van der Waals surface area contributed by atoms with Crippen LogP contribution in [0.25, 0.3) is 0 Å². The lowest BCUT2D eigenvalue weighted by Crippen LogP contribution is -2.40. The Labute approximate surface area is 145 Å². The highest BCUT2D eigenvalue weighted by molar-refractivity contribution is 5.85. The van der Waals surface area contributed by atoms with Crippen LogP contribution in [0.15, 0.2) is 24.3 Å². The van der Waals surface area contributed by atoms with Crippen LogP contribution in [0.3, 0.4) is 0 Å². The summed E-state index contributed by atoms with van der Waals surface area (Å²) >= 11 is 0. The minimum atomic E-state index is 0. The number of hydrogen-bond donors (Lipinski definition) is 2. The Kier molecular flexibility index (Phi) is 9.03. The number of benzene rings is 1. The molecule has 1 aliphatic rings. The molecule has 1 aliphatic heterocycles. The first-order valence-electron chi connectivity index (χ1n) is 8.36. The fourth-order valence-electron chi connectivity index (χ4n) is 2.60. The Morgan fingerprint density at radius 3 is 2.87 bits per heavy atom. The van der Waals surface area contributed by atoms with Gasteiger partial charge in [-0.15, -0.1) is 12.4 Å². The van der Waals surface area contributed by atoms with Crippen LogP contribution in [0.2, 0.25) is 0 Å². The Balaban J connectivity index is 0.00000264. The summed E-state index contributed by atoms with van der Waals surface area (Å²) in [5, 5.41) is 6.33. The summed E-state index contributed by atoms with van der Waals surface area (Å²) in [6.45, 7) is 7.44. The standard InChI is InChI=1S/C18H28N2O2.ClH/c1-14(2)9-11-22-17-8-4-3-6-15(17)13-20-18(21)16-7-5-10-19-12-16;/h3-4,6,8,14,16,19H,5,7,9-13H2,1-2H3,(H,20,21);1H. The minimum absolute atomic E-state index is 0.